The molecule has 19 heavy (non-hydrogen) atoms. The fourth-order valence-electron chi connectivity index (χ4n) is 2.46. The molecule has 1 N–H and O–H groups in total. The van der Waals surface area contributed by atoms with E-state index in [9.17, 15) is 0 Å². The first-order chi connectivity index (χ1) is 9.31. The maximum atomic E-state index is 5.89. The average molecular weight is 254 g/mol. The lowest BCUT2D eigenvalue weighted by atomic mass is 10.1. The van der Waals surface area contributed by atoms with Crippen LogP contribution in [0.15, 0.2) is 42.7 Å². The third-order valence-electron chi connectivity index (χ3n) is 3.35. The number of aromatic nitrogens is 1. The smallest absolute Gasteiger partial charge is 0.123 e. The number of ether oxygens (including phenoxy) is 1. The van der Waals surface area contributed by atoms with Gasteiger partial charge in [0.25, 0.3) is 0 Å². The molecule has 0 spiro atoms. The van der Waals surface area contributed by atoms with Gasteiger partial charge in [-0.25, -0.2) is 0 Å². The van der Waals surface area contributed by atoms with Crippen LogP contribution in [-0.4, -0.2) is 17.6 Å². The fraction of sp³-hybridized carbons (Fsp3) is 0.312. The fourth-order valence-corrected chi connectivity index (χ4v) is 2.46. The highest BCUT2D eigenvalue weighted by atomic mass is 16.5. The van der Waals surface area contributed by atoms with E-state index < -0.39 is 0 Å². The molecule has 3 heteroatoms. The highest BCUT2D eigenvalue weighted by Gasteiger charge is 2.21. The molecule has 1 aromatic carbocycles. The first kappa shape index (κ1) is 12.2. The summed E-state index contributed by atoms with van der Waals surface area (Å²) in [7, 11) is 0. The van der Waals surface area contributed by atoms with Gasteiger partial charge in [-0.2, -0.15) is 0 Å². The molecule has 1 atom stereocenters. The molecule has 2 heterocycles. The van der Waals surface area contributed by atoms with Gasteiger partial charge in [-0.15, -0.1) is 0 Å². The summed E-state index contributed by atoms with van der Waals surface area (Å²) in [5, 5.41) is 3.44. The lowest BCUT2D eigenvalue weighted by molar-refractivity contribution is 0.227. The highest BCUT2D eigenvalue weighted by molar-refractivity contribution is 5.37. The van der Waals surface area contributed by atoms with Gasteiger partial charge in [0.05, 0.1) is 0 Å². The number of fused-ring (bicyclic) bond motifs is 1. The zero-order valence-corrected chi connectivity index (χ0v) is 11.1. The molecule has 0 fully saturated rings. The van der Waals surface area contributed by atoms with Crippen LogP contribution in [0.4, 0.5) is 0 Å². The molecule has 1 aliphatic rings. The monoisotopic (exact) mass is 254 g/mol. The van der Waals surface area contributed by atoms with E-state index in [0.29, 0.717) is 0 Å². The number of para-hydroxylation sites is 1. The van der Waals surface area contributed by atoms with Gasteiger partial charge in [0.2, 0.25) is 0 Å². The molecule has 1 aromatic heterocycles. The van der Waals surface area contributed by atoms with E-state index in [-0.39, 0.29) is 6.10 Å². The number of nitrogens with one attached hydrogen (secondary N) is 1. The molecule has 0 bridgehead atoms. The Labute approximate surface area is 113 Å². The lowest BCUT2D eigenvalue weighted by Crippen LogP contribution is -2.29. The summed E-state index contributed by atoms with van der Waals surface area (Å²) in [6.45, 7) is 3.76. The summed E-state index contributed by atoms with van der Waals surface area (Å²) >= 11 is 0. The Morgan fingerprint density at radius 3 is 3.05 bits per heavy atom. The molecule has 2 aromatic rings. The average Bonchev–Trinajstić information content (AvgIpc) is 2.81. The Kier molecular flexibility index (Phi) is 3.47. The molecular weight excluding hydrogens is 236 g/mol. The molecule has 0 saturated carbocycles. The zero-order valence-electron chi connectivity index (χ0n) is 11.1. The standard InChI is InChI=1S/C16H18N2O/c1-12-6-13(9-17-8-12)10-18-11-15-7-14-4-2-3-5-16(14)19-15/h2-6,8-9,15,18H,7,10-11H2,1H3. The maximum absolute atomic E-state index is 5.89. The Morgan fingerprint density at radius 1 is 1.32 bits per heavy atom. The molecule has 0 aliphatic carbocycles. The second-order valence-electron chi connectivity index (χ2n) is 5.05. The summed E-state index contributed by atoms with van der Waals surface area (Å²) in [5.74, 6) is 1.03. The van der Waals surface area contributed by atoms with Crippen LogP contribution in [0.3, 0.4) is 0 Å². The third-order valence-corrected chi connectivity index (χ3v) is 3.35. The van der Waals surface area contributed by atoms with Crippen LogP contribution in [0, 0.1) is 6.92 Å². The van der Waals surface area contributed by atoms with Gasteiger partial charge in [0.15, 0.2) is 0 Å². The number of nitrogens with zero attached hydrogens (tertiary/aromatic N) is 1. The van der Waals surface area contributed by atoms with Gasteiger partial charge in [0.1, 0.15) is 11.9 Å². The van der Waals surface area contributed by atoms with Crippen LogP contribution in [0.25, 0.3) is 0 Å². The van der Waals surface area contributed by atoms with E-state index in [0.717, 1.165) is 25.3 Å². The van der Waals surface area contributed by atoms with Gasteiger partial charge in [-0.3, -0.25) is 4.98 Å². The molecule has 98 valence electrons. The van der Waals surface area contributed by atoms with Crippen LogP contribution in [0.2, 0.25) is 0 Å². The second-order valence-corrected chi connectivity index (χ2v) is 5.05. The Bertz CT molecular complexity index is 543. The van der Waals surface area contributed by atoms with Gasteiger partial charge in [-0.1, -0.05) is 24.3 Å². The Hall–Kier alpha value is -1.87. The Balaban J connectivity index is 1.50. The van der Waals surface area contributed by atoms with Crippen molar-refractivity contribution in [3.8, 4) is 5.75 Å². The highest BCUT2D eigenvalue weighted by Crippen LogP contribution is 2.27. The topological polar surface area (TPSA) is 34.2 Å². The van der Waals surface area contributed by atoms with Gasteiger partial charge in [-0.05, 0) is 29.7 Å². The molecule has 1 aliphatic heterocycles. The van der Waals surface area contributed by atoms with Crippen molar-refractivity contribution >= 4 is 0 Å². The molecule has 0 radical (unpaired) electrons. The predicted molar refractivity (Wildman–Crippen MR) is 75.2 cm³/mol. The van der Waals surface area contributed by atoms with E-state index >= 15 is 0 Å². The third kappa shape index (κ3) is 2.93. The van der Waals surface area contributed by atoms with E-state index in [1.807, 2.05) is 24.5 Å². The van der Waals surface area contributed by atoms with Crippen molar-refractivity contribution in [2.24, 2.45) is 0 Å². The molecule has 1 unspecified atom stereocenters. The maximum Gasteiger partial charge on any atom is 0.123 e. The quantitative estimate of drug-likeness (QED) is 0.910. The van der Waals surface area contributed by atoms with Crippen molar-refractivity contribution in [2.75, 3.05) is 6.54 Å². The number of pyridine rings is 1. The van der Waals surface area contributed by atoms with E-state index in [1.54, 1.807) is 0 Å². The minimum Gasteiger partial charge on any atom is -0.488 e. The summed E-state index contributed by atoms with van der Waals surface area (Å²) in [6, 6.07) is 10.4. The molecular formula is C16H18N2O. The predicted octanol–water partition coefficient (Wildman–Crippen LogP) is 2.48. The van der Waals surface area contributed by atoms with Crippen molar-refractivity contribution < 1.29 is 4.74 Å². The minimum absolute atomic E-state index is 0.246. The Morgan fingerprint density at radius 2 is 2.21 bits per heavy atom. The first-order valence-corrected chi connectivity index (χ1v) is 6.67. The van der Waals surface area contributed by atoms with Crippen molar-refractivity contribution in [1.29, 1.82) is 0 Å². The molecule has 0 saturated heterocycles. The first-order valence-electron chi connectivity index (χ1n) is 6.67. The summed E-state index contributed by atoms with van der Waals surface area (Å²) < 4.78 is 5.89. The zero-order chi connectivity index (χ0) is 13.1. The van der Waals surface area contributed by atoms with Crippen LogP contribution in [0.5, 0.6) is 5.75 Å². The number of benzene rings is 1. The molecule has 3 rings (SSSR count). The number of hydrogen-bond donors (Lipinski definition) is 1. The van der Waals surface area contributed by atoms with Gasteiger partial charge in [0, 0.05) is 31.9 Å². The van der Waals surface area contributed by atoms with Crippen molar-refractivity contribution in [3.63, 3.8) is 0 Å². The van der Waals surface area contributed by atoms with Crippen molar-refractivity contribution in [2.45, 2.75) is 26.0 Å². The summed E-state index contributed by atoms with van der Waals surface area (Å²) in [4.78, 5) is 4.20. The summed E-state index contributed by atoms with van der Waals surface area (Å²) in [6.07, 6.45) is 5.02. The van der Waals surface area contributed by atoms with Crippen LogP contribution in [-0.2, 0) is 13.0 Å². The van der Waals surface area contributed by atoms with Crippen LogP contribution < -0.4 is 10.1 Å². The lowest BCUT2D eigenvalue weighted by Gasteiger charge is -2.12. The second kappa shape index (κ2) is 5.41. The van der Waals surface area contributed by atoms with Crippen LogP contribution in [0.1, 0.15) is 16.7 Å². The van der Waals surface area contributed by atoms with Crippen molar-refractivity contribution in [3.05, 3.63) is 59.4 Å². The number of hydrogen-bond acceptors (Lipinski definition) is 3. The van der Waals surface area contributed by atoms with Gasteiger partial charge < -0.3 is 10.1 Å². The molecule has 0 amide bonds. The van der Waals surface area contributed by atoms with Crippen molar-refractivity contribution in [1.82, 2.24) is 10.3 Å². The number of rotatable bonds is 4. The normalized spacial score (nSPS) is 17.0. The molecule has 3 nitrogen and oxygen atoms in total. The number of aryl methyl sites for hydroxylation is 1. The largest absolute Gasteiger partial charge is 0.488 e. The van der Waals surface area contributed by atoms with E-state index in [4.69, 9.17) is 4.74 Å². The van der Waals surface area contributed by atoms with Crippen LogP contribution >= 0.6 is 0 Å². The van der Waals surface area contributed by atoms with E-state index in [1.165, 1.54) is 16.7 Å². The van der Waals surface area contributed by atoms with E-state index in [2.05, 4.69) is 35.4 Å². The summed E-state index contributed by atoms with van der Waals surface area (Å²) in [5.41, 5.74) is 3.73. The minimum atomic E-state index is 0.246. The SMILES string of the molecule is Cc1cncc(CNCC2Cc3ccccc3O2)c1. The van der Waals surface area contributed by atoms with Gasteiger partial charge >= 0.3 is 0 Å².